The van der Waals surface area contributed by atoms with Crippen LogP contribution in [0.25, 0.3) is 0 Å². The largest absolute Gasteiger partial charge is 0.213 e. The Balaban J connectivity index is 2.62. The van der Waals surface area contributed by atoms with Crippen LogP contribution in [-0.4, -0.2) is 37.4 Å². The van der Waals surface area contributed by atoms with Gasteiger partial charge in [0.2, 0.25) is 10.0 Å². The third-order valence-electron chi connectivity index (χ3n) is 3.91. The fourth-order valence-electron chi connectivity index (χ4n) is 3.02. The molecule has 1 heterocycles. The predicted molar refractivity (Wildman–Crippen MR) is 80.6 cm³/mol. The first kappa shape index (κ1) is 16.4. The molecule has 2 unspecified atom stereocenters. The zero-order valence-corrected chi connectivity index (χ0v) is 14.2. The second-order valence-corrected chi connectivity index (χ2v) is 8.57. The third-order valence-corrected chi connectivity index (χ3v) is 6.53. The van der Waals surface area contributed by atoms with Gasteiger partial charge in [-0.05, 0) is 37.0 Å². The molecule has 0 aliphatic carbocycles. The summed E-state index contributed by atoms with van der Waals surface area (Å²) in [5.74, 6) is 0.516. The van der Waals surface area contributed by atoms with Crippen molar-refractivity contribution in [2.24, 2.45) is 11.3 Å². The predicted octanol–water partition coefficient (Wildman–Crippen LogP) is 3.25. The van der Waals surface area contributed by atoms with Gasteiger partial charge in [-0.3, -0.25) is 0 Å². The van der Waals surface area contributed by atoms with Crippen molar-refractivity contribution in [2.45, 2.75) is 46.0 Å². The smallest absolute Gasteiger partial charge is 0.211 e. The Bertz CT molecular complexity index is 358. The van der Waals surface area contributed by atoms with Gasteiger partial charge < -0.3 is 0 Å². The Morgan fingerprint density at radius 2 is 2.11 bits per heavy atom. The fourth-order valence-corrected chi connectivity index (χ4v) is 4.47. The van der Waals surface area contributed by atoms with Crippen LogP contribution in [0.4, 0.5) is 0 Å². The van der Waals surface area contributed by atoms with Crippen LogP contribution >= 0.6 is 15.9 Å². The summed E-state index contributed by atoms with van der Waals surface area (Å²) in [7, 11) is -3.01. The summed E-state index contributed by atoms with van der Waals surface area (Å²) in [6.45, 7) is 5.94. The van der Waals surface area contributed by atoms with Gasteiger partial charge in [-0.2, -0.15) is 0 Å². The SMILES string of the molecule is CCCC(C)(CBr)CC1CCCN(S(C)(=O)=O)C1. The van der Waals surface area contributed by atoms with Gasteiger partial charge in [0, 0.05) is 18.4 Å². The van der Waals surface area contributed by atoms with Crippen LogP contribution in [0, 0.1) is 11.3 Å². The van der Waals surface area contributed by atoms with Crippen molar-refractivity contribution in [3.63, 3.8) is 0 Å². The average molecular weight is 340 g/mol. The number of piperidine rings is 1. The summed E-state index contributed by atoms with van der Waals surface area (Å²) in [6.07, 6.45) is 7.00. The lowest BCUT2D eigenvalue weighted by molar-refractivity contribution is 0.185. The van der Waals surface area contributed by atoms with E-state index in [1.165, 1.54) is 25.5 Å². The number of rotatable bonds is 6. The molecule has 3 nitrogen and oxygen atoms in total. The van der Waals surface area contributed by atoms with Crippen molar-refractivity contribution in [1.29, 1.82) is 0 Å². The maximum atomic E-state index is 11.6. The van der Waals surface area contributed by atoms with Crippen LogP contribution in [0.15, 0.2) is 0 Å². The summed E-state index contributed by atoms with van der Waals surface area (Å²) in [5, 5.41) is 1.00. The Morgan fingerprint density at radius 1 is 1.44 bits per heavy atom. The van der Waals surface area contributed by atoms with Crippen molar-refractivity contribution in [3.8, 4) is 0 Å². The van der Waals surface area contributed by atoms with Gasteiger partial charge in [-0.15, -0.1) is 0 Å². The van der Waals surface area contributed by atoms with E-state index < -0.39 is 10.0 Å². The summed E-state index contributed by atoms with van der Waals surface area (Å²) in [5.41, 5.74) is 0.305. The van der Waals surface area contributed by atoms with Crippen molar-refractivity contribution in [3.05, 3.63) is 0 Å². The molecule has 1 rings (SSSR count). The number of nitrogens with zero attached hydrogens (tertiary/aromatic N) is 1. The van der Waals surface area contributed by atoms with Gasteiger partial charge in [-0.1, -0.05) is 36.2 Å². The van der Waals surface area contributed by atoms with Gasteiger partial charge in [-0.25, -0.2) is 12.7 Å². The first-order valence-corrected chi connectivity index (χ1v) is 9.79. The highest BCUT2D eigenvalue weighted by atomic mass is 79.9. The zero-order valence-electron chi connectivity index (χ0n) is 11.8. The molecule has 0 spiro atoms. The molecule has 108 valence electrons. The van der Waals surface area contributed by atoms with Crippen molar-refractivity contribution in [2.75, 3.05) is 24.7 Å². The van der Waals surface area contributed by atoms with Crippen molar-refractivity contribution in [1.82, 2.24) is 4.31 Å². The maximum absolute atomic E-state index is 11.6. The van der Waals surface area contributed by atoms with E-state index in [0.717, 1.165) is 18.2 Å². The molecule has 0 bridgehead atoms. The standard InChI is InChI=1S/C13H26BrNO2S/c1-4-7-13(2,11-14)9-12-6-5-8-15(10-12)18(3,16)17/h12H,4-11H2,1-3H3. The summed E-state index contributed by atoms with van der Waals surface area (Å²) < 4.78 is 24.9. The normalized spacial score (nSPS) is 25.9. The van der Waals surface area contributed by atoms with Gasteiger partial charge in [0.05, 0.1) is 6.26 Å². The topological polar surface area (TPSA) is 37.4 Å². The highest BCUT2D eigenvalue weighted by molar-refractivity contribution is 9.09. The minimum Gasteiger partial charge on any atom is -0.213 e. The first-order valence-electron chi connectivity index (χ1n) is 6.82. The quantitative estimate of drug-likeness (QED) is 0.696. The molecule has 1 aliphatic rings. The van der Waals surface area contributed by atoms with Gasteiger partial charge >= 0.3 is 0 Å². The third kappa shape index (κ3) is 4.82. The van der Waals surface area contributed by atoms with Crippen molar-refractivity contribution >= 4 is 26.0 Å². The van der Waals surface area contributed by atoms with Crippen LogP contribution in [0.1, 0.15) is 46.0 Å². The molecule has 0 aromatic rings. The summed E-state index contributed by atoms with van der Waals surface area (Å²) in [4.78, 5) is 0. The van der Waals surface area contributed by atoms with E-state index in [9.17, 15) is 8.42 Å². The molecule has 0 aromatic heterocycles. The van der Waals surface area contributed by atoms with Crippen LogP contribution in [0.2, 0.25) is 0 Å². The maximum Gasteiger partial charge on any atom is 0.211 e. The Labute approximate surface area is 121 Å². The van der Waals surface area contributed by atoms with E-state index in [1.807, 2.05) is 0 Å². The molecule has 1 aliphatic heterocycles. The number of alkyl halides is 1. The number of sulfonamides is 1. The van der Waals surface area contributed by atoms with Crippen LogP contribution < -0.4 is 0 Å². The lowest BCUT2D eigenvalue weighted by Crippen LogP contribution is -2.40. The number of hydrogen-bond acceptors (Lipinski definition) is 2. The molecule has 0 aromatic carbocycles. The Morgan fingerprint density at radius 3 is 2.61 bits per heavy atom. The summed E-state index contributed by atoms with van der Waals surface area (Å²) >= 11 is 3.62. The first-order chi connectivity index (χ1) is 8.30. The number of hydrogen-bond donors (Lipinski definition) is 0. The van der Waals surface area contributed by atoms with E-state index in [1.54, 1.807) is 4.31 Å². The molecule has 0 radical (unpaired) electrons. The Hall–Kier alpha value is 0.390. The van der Waals surface area contributed by atoms with E-state index >= 15 is 0 Å². The molecule has 2 atom stereocenters. The second kappa shape index (κ2) is 6.71. The monoisotopic (exact) mass is 339 g/mol. The molecule has 1 saturated heterocycles. The minimum atomic E-state index is -3.01. The van der Waals surface area contributed by atoms with E-state index in [4.69, 9.17) is 0 Å². The molecule has 5 heteroatoms. The van der Waals surface area contributed by atoms with Crippen LogP contribution in [0.3, 0.4) is 0 Å². The summed E-state index contributed by atoms with van der Waals surface area (Å²) in [6, 6.07) is 0. The second-order valence-electron chi connectivity index (χ2n) is 6.03. The minimum absolute atomic E-state index is 0.305. The molecular weight excluding hydrogens is 314 g/mol. The zero-order chi connectivity index (χ0) is 13.8. The van der Waals surface area contributed by atoms with Gasteiger partial charge in [0.15, 0.2) is 0 Å². The molecular formula is C13H26BrNO2S. The van der Waals surface area contributed by atoms with Crippen LogP contribution in [0.5, 0.6) is 0 Å². The van der Waals surface area contributed by atoms with E-state index in [2.05, 4.69) is 29.8 Å². The van der Waals surface area contributed by atoms with E-state index in [-0.39, 0.29) is 0 Å². The fraction of sp³-hybridized carbons (Fsp3) is 1.00. The highest BCUT2D eigenvalue weighted by Crippen LogP contribution is 2.36. The number of halogens is 1. The van der Waals surface area contributed by atoms with Gasteiger partial charge in [0.25, 0.3) is 0 Å². The molecule has 1 fully saturated rings. The Kier molecular flexibility index (Phi) is 6.13. The van der Waals surface area contributed by atoms with Gasteiger partial charge in [0.1, 0.15) is 0 Å². The molecule has 0 amide bonds. The molecule has 0 N–H and O–H groups in total. The van der Waals surface area contributed by atoms with E-state index in [0.29, 0.717) is 24.4 Å². The highest BCUT2D eigenvalue weighted by Gasteiger charge is 2.31. The molecule has 0 saturated carbocycles. The molecule has 18 heavy (non-hydrogen) atoms. The van der Waals surface area contributed by atoms with Crippen molar-refractivity contribution < 1.29 is 8.42 Å². The lowest BCUT2D eigenvalue weighted by Gasteiger charge is -2.37. The lowest BCUT2D eigenvalue weighted by atomic mass is 9.77. The van der Waals surface area contributed by atoms with Crippen LogP contribution in [-0.2, 0) is 10.0 Å². The average Bonchev–Trinajstić information content (AvgIpc) is 2.28.